The Morgan fingerprint density at radius 3 is 2.42 bits per heavy atom. The minimum atomic E-state index is -4.21. The van der Waals surface area contributed by atoms with E-state index >= 15 is 0 Å². The summed E-state index contributed by atoms with van der Waals surface area (Å²) in [5, 5.41) is 18.0. The number of nitrogens with zero attached hydrogens (tertiary/aromatic N) is 6. The molecule has 0 aliphatic rings. The van der Waals surface area contributed by atoms with Crippen molar-refractivity contribution >= 4 is 21.6 Å². The van der Waals surface area contributed by atoms with E-state index in [0.717, 1.165) is 0 Å². The zero-order chi connectivity index (χ0) is 26.9. The molecule has 0 radical (unpaired) electrons. The number of imidazole rings is 1. The van der Waals surface area contributed by atoms with Crippen LogP contribution >= 0.6 is 0 Å². The standard InChI is InChI=1S/C25H25N7O5S/c1-16(23(33)18-15-31-13-5-4-11-21(31)27-18)38(34,35)30-25-29-28-24(17-8-7-12-26-14-17)32(25)22-19(36-2)9-6-10-20(22)37-3/h4-16,23,33H,1-3H3,(H,29,30). The molecule has 2 atom stereocenters. The van der Waals surface area contributed by atoms with Gasteiger partial charge in [0.2, 0.25) is 16.0 Å². The predicted molar refractivity (Wildman–Crippen MR) is 140 cm³/mol. The normalized spacial score (nSPS) is 13.3. The molecule has 5 rings (SSSR count). The van der Waals surface area contributed by atoms with Crippen LogP contribution in [-0.2, 0) is 10.0 Å². The first-order chi connectivity index (χ1) is 18.3. The second kappa shape index (κ2) is 10.1. The van der Waals surface area contributed by atoms with Crippen LogP contribution in [0.15, 0.2) is 73.3 Å². The summed E-state index contributed by atoms with van der Waals surface area (Å²) in [6.45, 7) is 1.39. The molecule has 13 heteroatoms. The van der Waals surface area contributed by atoms with Crippen molar-refractivity contribution in [3.63, 3.8) is 0 Å². The number of hydrogen-bond acceptors (Lipinski definition) is 9. The Hall–Kier alpha value is -4.49. The third kappa shape index (κ3) is 4.53. The van der Waals surface area contributed by atoms with E-state index in [1.807, 2.05) is 6.07 Å². The van der Waals surface area contributed by atoms with Crippen LogP contribution in [0.1, 0.15) is 18.7 Å². The summed E-state index contributed by atoms with van der Waals surface area (Å²) in [4.78, 5) is 8.50. The molecule has 0 aliphatic heterocycles. The molecule has 196 valence electrons. The topological polar surface area (TPSA) is 146 Å². The van der Waals surface area contributed by atoms with Crippen LogP contribution in [-0.4, -0.2) is 62.1 Å². The molecule has 0 spiro atoms. The van der Waals surface area contributed by atoms with Gasteiger partial charge in [0.25, 0.3) is 0 Å². The van der Waals surface area contributed by atoms with E-state index in [9.17, 15) is 13.5 Å². The molecule has 0 saturated carbocycles. The Bertz CT molecular complexity index is 1630. The number of methoxy groups -OCH3 is 2. The maximum Gasteiger partial charge on any atom is 0.243 e. The van der Waals surface area contributed by atoms with Crippen molar-refractivity contribution in [1.29, 1.82) is 0 Å². The van der Waals surface area contributed by atoms with Gasteiger partial charge in [-0.05, 0) is 43.3 Å². The maximum absolute atomic E-state index is 13.5. The average Bonchev–Trinajstić information content (AvgIpc) is 3.56. The van der Waals surface area contributed by atoms with Crippen molar-refractivity contribution < 1.29 is 23.0 Å². The fourth-order valence-electron chi connectivity index (χ4n) is 4.02. The number of fused-ring (bicyclic) bond motifs is 1. The molecule has 5 aromatic rings. The Morgan fingerprint density at radius 1 is 1.00 bits per heavy atom. The lowest BCUT2D eigenvalue weighted by molar-refractivity contribution is 0.172. The first kappa shape index (κ1) is 25.2. The molecule has 38 heavy (non-hydrogen) atoms. The molecule has 0 bridgehead atoms. The first-order valence-electron chi connectivity index (χ1n) is 11.5. The number of nitrogens with one attached hydrogen (secondary N) is 1. The van der Waals surface area contributed by atoms with E-state index in [0.29, 0.717) is 34.2 Å². The minimum absolute atomic E-state index is 0.124. The molecular weight excluding hydrogens is 510 g/mol. The number of sulfonamides is 1. The van der Waals surface area contributed by atoms with Crippen molar-refractivity contribution in [2.24, 2.45) is 0 Å². The highest BCUT2D eigenvalue weighted by Crippen LogP contribution is 2.38. The molecule has 12 nitrogen and oxygen atoms in total. The van der Waals surface area contributed by atoms with Crippen LogP contribution in [0.25, 0.3) is 22.7 Å². The lowest BCUT2D eigenvalue weighted by Crippen LogP contribution is -2.32. The summed E-state index contributed by atoms with van der Waals surface area (Å²) >= 11 is 0. The number of anilines is 1. The maximum atomic E-state index is 13.5. The van der Waals surface area contributed by atoms with E-state index in [2.05, 4.69) is 24.9 Å². The summed E-state index contributed by atoms with van der Waals surface area (Å²) in [5.74, 6) is 0.966. The number of ether oxygens (including phenoxy) is 2. The van der Waals surface area contributed by atoms with E-state index in [4.69, 9.17) is 9.47 Å². The first-order valence-corrected chi connectivity index (χ1v) is 13.1. The zero-order valence-corrected chi connectivity index (χ0v) is 21.6. The monoisotopic (exact) mass is 535 g/mol. The number of rotatable bonds is 9. The lowest BCUT2D eigenvalue weighted by Gasteiger charge is -2.20. The van der Waals surface area contributed by atoms with Gasteiger partial charge in [-0.15, -0.1) is 10.2 Å². The number of aromatic nitrogens is 6. The number of hydrogen-bond donors (Lipinski definition) is 2. The third-order valence-electron chi connectivity index (χ3n) is 6.06. The molecule has 4 heterocycles. The van der Waals surface area contributed by atoms with Crippen LogP contribution in [0.3, 0.4) is 0 Å². The highest BCUT2D eigenvalue weighted by atomic mass is 32.2. The van der Waals surface area contributed by atoms with Crippen molar-refractivity contribution in [2.45, 2.75) is 18.3 Å². The van der Waals surface area contributed by atoms with Crippen LogP contribution in [0, 0.1) is 0 Å². The Balaban J connectivity index is 1.58. The number of benzene rings is 1. The molecular formula is C25H25N7O5S. The van der Waals surface area contributed by atoms with Gasteiger partial charge in [-0.3, -0.25) is 14.3 Å². The Morgan fingerprint density at radius 2 is 1.76 bits per heavy atom. The molecule has 4 aromatic heterocycles. The summed E-state index contributed by atoms with van der Waals surface area (Å²) in [6, 6.07) is 14.0. The molecule has 2 N–H and O–H groups in total. The molecule has 1 aromatic carbocycles. The summed E-state index contributed by atoms with van der Waals surface area (Å²) in [6.07, 6.45) is 5.13. The number of para-hydroxylation sites is 1. The second-order valence-corrected chi connectivity index (χ2v) is 10.4. The molecule has 2 unspecified atom stereocenters. The molecule has 0 aliphatic carbocycles. The number of aliphatic hydroxyl groups excluding tert-OH is 1. The van der Waals surface area contributed by atoms with Gasteiger partial charge in [-0.2, -0.15) is 0 Å². The van der Waals surface area contributed by atoms with E-state index in [-0.39, 0.29) is 11.6 Å². The highest BCUT2D eigenvalue weighted by molar-refractivity contribution is 7.93. The predicted octanol–water partition coefficient (Wildman–Crippen LogP) is 2.86. The summed E-state index contributed by atoms with van der Waals surface area (Å²) in [5.41, 5.74) is 1.77. The largest absolute Gasteiger partial charge is 0.494 e. The third-order valence-corrected chi connectivity index (χ3v) is 7.77. The highest BCUT2D eigenvalue weighted by Gasteiger charge is 2.33. The van der Waals surface area contributed by atoms with Crippen LogP contribution in [0.4, 0.5) is 5.95 Å². The summed E-state index contributed by atoms with van der Waals surface area (Å²) < 4.78 is 43.8. The number of pyridine rings is 2. The fraction of sp³-hybridized carbons (Fsp3) is 0.200. The van der Waals surface area contributed by atoms with Crippen molar-refractivity contribution in [2.75, 3.05) is 18.9 Å². The van der Waals surface area contributed by atoms with Crippen molar-refractivity contribution in [3.05, 3.63) is 79.0 Å². The van der Waals surface area contributed by atoms with E-state index in [1.165, 1.54) is 25.7 Å². The molecule has 0 fully saturated rings. The van der Waals surface area contributed by atoms with Crippen LogP contribution < -0.4 is 14.2 Å². The van der Waals surface area contributed by atoms with Gasteiger partial charge >= 0.3 is 0 Å². The fourth-order valence-corrected chi connectivity index (χ4v) is 5.07. The van der Waals surface area contributed by atoms with E-state index in [1.54, 1.807) is 71.7 Å². The van der Waals surface area contributed by atoms with Gasteiger partial charge in [0.05, 0.1) is 19.9 Å². The van der Waals surface area contributed by atoms with Gasteiger partial charge in [-0.1, -0.05) is 12.1 Å². The van der Waals surface area contributed by atoms with Gasteiger partial charge in [0.15, 0.2) is 5.82 Å². The van der Waals surface area contributed by atoms with Crippen molar-refractivity contribution in [3.8, 4) is 28.6 Å². The van der Waals surface area contributed by atoms with Crippen molar-refractivity contribution in [1.82, 2.24) is 29.1 Å². The smallest absolute Gasteiger partial charge is 0.243 e. The minimum Gasteiger partial charge on any atom is -0.494 e. The van der Waals surface area contributed by atoms with Gasteiger partial charge in [0, 0.05) is 30.4 Å². The lowest BCUT2D eigenvalue weighted by atomic mass is 10.2. The second-order valence-electron chi connectivity index (χ2n) is 8.36. The summed E-state index contributed by atoms with van der Waals surface area (Å²) in [7, 11) is -1.23. The van der Waals surface area contributed by atoms with Gasteiger partial charge in [-0.25, -0.2) is 13.4 Å². The Labute approximate surface area is 218 Å². The number of aliphatic hydroxyl groups is 1. The van der Waals surface area contributed by atoms with E-state index < -0.39 is 21.4 Å². The SMILES string of the molecule is COc1cccc(OC)c1-n1c(NS(=O)(=O)C(C)C(O)c2cn3ccccc3n2)nnc1-c1cccnc1. The van der Waals surface area contributed by atoms with Crippen LogP contribution in [0.2, 0.25) is 0 Å². The molecule has 0 amide bonds. The molecule has 0 saturated heterocycles. The van der Waals surface area contributed by atoms with Gasteiger partial charge < -0.3 is 19.0 Å². The zero-order valence-electron chi connectivity index (χ0n) is 20.8. The Kier molecular flexibility index (Phi) is 6.70. The van der Waals surface area contributed by atoms with Crippen LogP contribution in [0.5, 0.6) is 11.5 Å². The average molecular weight is 536 g/mol. The van der Waals surface area contributed by atoms with Gasteiger partial charge in [0.1, 0.15) is 34.2 Å². The quantitative estimate of drug-likeness (QED) is 0.291.